The molecule has 0 bridgehead atoms. The third-order valence-corrected chi connectivity index (χ3v) is 2.60. The molecule has 17 heavy (non-hydrogen) atoms. The van der Waals surface area contributed by atoms with Gasteiger partial charge in [-0.1, -0.05) is 0 Å². The Morgan fingerprint density at radius 3 is 2.76 bits per heavy atom. The highest BCUT2D eigenvalue weighted by Crippen LogP contribution is 2.26. The molecule has 1 saturated heterocycles. The molecule has 1 aliphatic rings. The first kappa shape index (κ1) is 13.8. The predicted octanol–water partition coefficient (Wildman–Crippen LogP) is 1.39. The van der Waals surface area contributed by atoms with E-state index in [0.29, 0.717) is 12.1 Å². The second-order valence-electron chi connectivity index (χ2n) is 3.67. The van der Waals surface area contributed by atoms with Crippen molar-refractivity contribution in [2.24, 2.45) is 0 Å². The summed E-state index contributed by atoms with van der Waals surface area (Å²) in [5.41, 5.74) is 0.361. The van der Waals surface area contributed by atoms with Gasteiger partial charge in [0.25, 0.3) is 5.69 Å². The van der Waals surface area contributed by atoms with Crippen LogP contribution in [0.5, 0.6) is 0 Å². The maximum absolute atomic E-state index is 13.1. The third-order valence-electron chi connectivity index (χ3n) is 2.60. The van der Waals surface area contributed by atoms with Crippen molar-refractivity contribution in [2.75, 3.05) is 19.6 Å². The number of halogens is 2. The maximum Gasteiger partial charge on any atom is 0.274 e. The van der Waals surface area contributed by atoms with Crippen LogP contribution in [0.15, 0.2) is 18.2 Å². The van der Waals surface area contributed by atoms with Gasteiger partial charge in [0.1, 0.15) is 5.82 Å². The van der Waals surface area contributed by atoms with E-state index in [1.165, 1.54) is 12.1 Å². The van der Waals surface area contributed by atoms with Crippen molar-refractivity contribution in [2.45, 2.75) is 6.04 Å². The van der Waals surface area contributed by atoms with Gasteiger partial charge >= 0.3 is 0 Å². The Morgan fingerprint density at radius 2 is 2.18 bits per heavy atom. The van der Waals surface area contributed by atoms with Crippen LogP contribution in [0.25, 0.3) is 0 Å². The van der Waals surface area contributed by atoms with Gasteiger partial charge in [-0.05, 0) is 12.1 Å². The van der Waals surface area contributed by atoms with Crippen LogP contribution in [0.3, 0.4) is 0 Å². The van der Waals surface area contributed by atoms with Gasteiger partial charge < -0.3 is 10.6 Å². The maximum atomic E-state index is 13.1. The predicted molar refractivity (Wildman–Crippen MR) is 63.9 cm³/mol. The van der Waals surface area contributed by atoms with Gasteiger partial charge in [0.15, 0.2) is 0 Å². The van der Waals surface area contributed by atoms with E-state index in [-0.39, 0.29) is 24.1 Å². The first-order chi connectivity index (χ1) is 7.68. The van der Waals surface area contributed by atoms with E-state index in [1.807, 2.05) is 0 Å². The number of rotatable bonds is 2. The Bertz CT molecular complexity index is 411. The zero-order chi connectivity index (χ0) is 11.5. The minimum atomic E-state index is -0.481. The summed E-state index contributed by atoms with van der Waals surface area (Å²) in [6, 6.07) is 3.34. The normalized spacial score (nSPS) is 19.5. The van der Waals surface area contributed by atoms with Gasteiger partial charge in [-0.15, -0.1) is 12.4 Å². The quantitative estimate of drug-likeness (QED) is 0.624. The molecule has 1 aromatic carbocycles. The summed E-state index contributed by atoms with van der Waals surface area (Å²) < 4.78 is 13.1. The van der Waals surface area contributed by atoms with Crippen molar-refractivity contribution >= 4 is 18.1 Å². The summed E-state index contributed by atoms with van der Waals surface area (Å²) in [4.78, 5) is 10.3. The SMILES string of the molecule is Cl.O=[N+]([O-])c1ccc(F)cc1[C@H]1CNCCN1. The van der Waals surface area contributed by atoms with Crippen LogP contribution in [0.2, 0.25) is 0 Å². The first-order valence-electron chi connectivity index (χ1n) is 5.06. The van der Waals surface area contributed by atoms with E-state index in [2.05, 4.69) is 10.6 Å². The zero-order valence-electron chi connectivity index (χ0n) is 8.98. The molecule has 5 nitrogen and oxygen atoms in total. The van der Waals surface area contributed by atoms with Gasteiger partial charge in [0.05, 0.1) is 16.5 Å². The van der Waals surface area contributed by atoms with E-state index < -0.39 is 10.7 Å². The van der Waals surface area contributed by atoms with Crippen molar-refractivity contribution in [3.05, 3.63) is 39.7 Å². The highest BCUT2D eigenvalue weighted by molar-refractivity contribution is 5.85. The summed E-state index contributed by atoms with van der Waals surface area (Å²) in [6.45, 7) is 2.11. The number of hydrogen-bond acceptors (Lipinski definition) is 4. The molecule has 1 aliphatic heterocycles. The van der Waals surface area contributed by atoms with Crippen LogP contribution in [0.1, 0.15) is 11.6 Å². The molecule has 1 aromatic rings. The van der Waals surface area contributed by atoms with Crippen molar-refractivity contribution in [3.63, 3.8) is 0 Å². The lowest BCUT2D eigenvalue weighted by molar-refractivity contribution is -0.385. The van der Waals surface area contributed by atoms with Gasteiger partial charge in [-0.25, -0.2) is 4.39 Å². The summed E-state index contributed by atoms with van der Waals surface area (Å²) in [5.74, 6) is -0.451. The van der Waals surface area contributed by atoms with Gasteiger partial charge in [-0.2, -0.15) is 0 Å². The van der Waals surface area contributed by atoms with Crippen molar-refractivity contribution in [1.29, 1.82) is 0 Å². The Balaban J connectivity index is 0.00000144. The van der Waals surface area contributed by atoms with Gasteiger partial charge in [-0.3, -0.25) is 10.1 Å². The summed E-state index contributed by atoms with van der Waals surface area (Å²) in [6.07, 6.45) is 0. The fourth-order valence-electron chi connectivity index (χ4n) is 1.84. The Morgan fingerprint density at radius 1 is 1.41 bits per heavy atom. The third kappa shape index (κ3) is 3.12. The molecule has 94 valence electrons. The fraction of sp³-hybridized carbons (Fsp3) is 0.400. The van der Waals surface area contributed by atoms with E-state index in [4.69, 9.17) is 0 Å². The number of benzene rings is 1. The second-order valence-corrected chi connectivity index (χ2v) is 3.67. The lowest BCUT2D eigenvalue weighted by Gasteiger charge is -2.24. The molecule has 2 rings (SSSR count). The van der Waals surface area contributed by atoms with Crippen LogP contribution < -0.4 is 10.6 Å². The molecule has 0 unspecified atom stereocenters. The molecule has 2 N–H and O–H groups in total. The molecule has 0 saturated carbocycles. The van der Waals surface area contributed by atoms with E-state index in [9.17, 15) is 14.5 Å². The highest BCUT2D eigenvalue weighted by atomic mass is 35.5. The summed E-state index contributed by atoms with van der Waals surface area (Å²) in [5, 5.41) is 17.0. The van der Waals surface area contributed by atoms with Gasteiger partial charge in [0, 0.05) is 25.7 Å². The number of hydrogen-bond donors (Lipinski definition) is 2. The molecule has 7 heteroatoms. The van der Waals surface area contributed by atoms with Crippen molar-refractivity contribution < 1.29 is 9.31 Å². The molecular formula is C10H13ClFN3O2. The van der Waals surface area contributed by atoms with Crippen LogP contribution >= 0.6 is 12.4 Å². The van der Waals surface area contributed by atoms with Crippen LogP contribution in [0, 0.1) is 15.9 Å². The van der Waals surface area contributed by atoms with E-state index in [0.717, 1.165) is 19.2 Å². The number of nitrogens with one attached hydrogen (secondary N) is 2. The number of piperazine rings is 1. The largest absolute Gasteiger partial charge is 0.314 e. The Kier molecular flexibility index (Phi) is 4.80. The molecule has 0 aliphatic carbocycles. The topological polar surface area (TPSA) is 67.2 Å². The average Bonchev–Trinajstić information content (AvgIpc) is 2.29. The van der Waals surface area contributed by atoms with Crippen molar-refractivity contribution in [3.8, 4) is 0 Å². The molecule has 0 aromatic heterocycles. The first-order valence-corrected chi connectivity index (χ1v) is 5.06. The highest BCUT2D eigenvalue weighted by Gasteiger charge is 2.23. The smallest absolute Gasteiger partial charge is 0.274 e. The molecular weight excluding hydrogens is 249 g/mol. The lowest BCUT2D eigenvalue weighted by Crippen LogP contribution is -2.42. The molecule has 0 radical (unpaired) electrons. The Hall–Kier alpha value is -1.24. The standard InChI is InChI=1S/C10H12FN3O2.ClH/c11-7-1-2-10(14(15)16)8(5-7)9-6-12-3-4-13-9;/h1-2,5,9,12-13H,3-4,6H2;1H/t9-;/m1./s1. The van der Waals surface area contributed by atoms with Crippen molar-refractivity contribution in [1.82, 2.24) is 10.6 Å². The second kappa shape index (κ2) is 5.90. The number of nitro benzene ring substituents is 1. The van der Waals surface area contributed by atoms with Crippen LogP contribution in [-0.4, -0.2) is 24.6 Å². The lowest BCUT2D eigenvalue weighted by atomic mass is 10.0. The summed E-state index contributed by atoms with van der Waals surface area (Å²) >= 11 is 0. The molecule has 0 spiro atoms. The van der Waals surface area contributed by atoms with Gasteiger partial charge in [0.2, 0.25) is 0 Å². The minimum Gasteiger partial charge on any atom is -0.314 e. The van der Waals surface area contributed by atoms with E-state index >= 15 is 0 Å². The number of nitrogens with zero attached hydrogens (tertiary/aromatic N) is 1. The minimum absolute atomic E-state index is 0. The average molecular weight is 262 g/mol. The fourth-order valence-corrected chi connectivity index (χ4v) is 1.84. The summed E-state index contributed by atoms with van der Waals surface area (Å²) in [7, 11) is 0. The van der Waals surface area contributed by atoms with Crippen LogP contribution in [-0.2, 0) is 0 Å². The number of nitro groups is 1. The Labute approximate surface area is 104 Å². The molecule has 1 fully saturated rings. The van der Waals surface area contributed by atoms with Crippen LogP contribution in [0.4, 0.5) is 10.1 Å². The van der Waals surface area contributed by atoms with E-state index in [1.54, 1.807) is 0 Å². The molecule has 1 atom stereocenters. The zero-order valence-corrected chi connectivity index (χ0v) is 9.80. The molecule has 1 heterocycles. The molecule has 0 amide bonds. The monoisotopic (exact) mass is 261 g/mol.